The van der Waals surface area contributed by atoms with E-state index in [9.17, 15) is 14.0 Å². The van der Waals surface area contributed by atoms with Gasteiger partial charge in [-0.1, -0.05) is 6.92 Å². The van der Waals surface area contributed by atoms with Crippen molar-refractivity contribution in [3.05, 3.63) is 30.1 Å². The van der Waals surface area contributed by atoms with Crippen LogP contribution >= 0.6 is 0 Å². The van der Waals surface area contributed by atoms with E-state index < -0.39 is 5.41 Å². The number of benzene rings is 1. The summed E-state index contributed by atoms with van der Waals surface area (Å²) in [6, 6.07) is 5.95. The molecule has 2 amide bonds. The molecule has 3 heterocycles. The second kappa shape index (κ2) is 12.1. The number of piperazine rings is 1. The number of likely N-dealkylation sites (tertiary alicyclic amines) is 1. The first-order chi connectivity index (χ1) is 17.0. The fraction of sp³-hybridized carbons (Fsp3) is 0.692. The zero-order chi connectivity index (χ0) is 24.7. The van der Waals surface area contributed by atoms with Gasteiger partial charge in [-0.05, 0) is 43.7 Å². The number of hydrogen-bond donors (Lipinski definition) is 0. The quantitative estimate of drug-likeness (QED) is 0.553. The van der Waals surface area contributed by atoms with Crippen LogP contribution in [0.5, 0.6) is 5.75 Å². The Bertz CT molecular complexity index is 840. The number of halogens is 1. The normalized spacial score (nSPS) is 24.4. The topological polar surface area (TPSA) is 65.6 Å². The van der Waals surface area contributed by atoms with Crippen LogP contribution in [0, 0.1) is 11.2 Å². The van der Waals surface area contributed by atoms with Gasteiger partial charge in [0.1, 0.15) is 11.6 Å². The van der Waals surface area contributed by atoms with E-state index >= 15 is 0 Å². The van der Waals surface area contributed by atoms with Crippen LogP contribution in [0.4, 0.5) is 4.39 Å². The zero-order valence-corrected chi connectivity index (χ0v) is 20.9. The number of rotatable bonds is 8. The van der Waals surface area contributed by atoms with E-state index in [-0.39, 0.29) is 17.6 Å². The van der Waals surface area contributed by atoms with Crippen LogP contribution in [0.15, 0.2) is 24.3 Å². The number of morpholine rings is 1. The van der Waals surface area contributed by atoms with Gasteiger partial charge in [-0.15, -0.1) is 0 Å². The maximum Gasteiger partial charge on any atom is 0.236 e. The average molecular weight is 491 g/mol. The van der Waals surface area contributed by atoms with E-state index in [0.717, 1.165) is 45.6 Å². The van der Waals surface area contributed by atoms with Gasteiger partial charge in [-0.2, -0.15) is 0 Å². The first kappa shape index (κ1) is 25.9. The molecule has 0 bridgehead atoms. The first-order valence-corrected chi connectivity index (χ1v) is 12.9. The molecule has 0 radical (unpaired) electrons. The van der Waals surface area contributed by atoms with Crippen molar-refractivity contribution in [2.45, 2.75) is 26.2 Å². The van der Waals surface area contributed by atoms with Crippen molar-refractivity contribution in [3.8, 4) is 5.75 Å². The number of amides is 2. The summed E-state index contributed by atoms with van der Waals surface area (Å²) < 4.78 is 24.8. The average Bonchev–Trinajstić information content (AvgIpc) is 2.89. The third kappa shape index (κ3) is 7.15. The highest BCUT2D eigenvalue weighted by Gasteiger charge is 2.41. The van der Waals surface area contributed by atoms with Gasteiger partial charge in [0.15, 0.2) is 0 Å². The molecule has 0 saturated carbocycles. The van der Waals surface area contributed by atoms with Crippen LogP contribution < -0.4 is 4.74 Å². The van der Waals surface area contributed by atoms with Crippen LogP contribution in [0.25, 0.3) is 0 Å². The van der Waals surface area contributed by atoms with Gasteiger partial charge in [0.2, 0.25) is 11.8 Å². The highest BCUT2D eigenvalue weighted by Crippen LogP contribution is 2.35. The maximum atomic E-state index is 13.3. The Morgan fingerprint density at radius 2 is 1.63 bits per heavy atom. The van der Waals surface area contributed by atoms with Crippen molar-refractivity contribution in [3.63, 3.8) is 0 Å². The summed E-state index contributed by atoms with van der Waals surface area (Å²) in [5.74, 6) is 0.464. The Morgan fingerprint density at radius 1 is 0.943 bits per heavy atom. The summed E-state index contributed by atoms with van der Waals surface area (Å²) >= 11 is 0. The Balaban J connectivity index is 1.42. The SMILES string of the molecule is CCN1CCN(CC(=O)N2CCC[C@](COc3ccc(F)cc3)(CC(=O)N3CCOCC3)C2)CC1. The van der Waals surface area contributed by atoms with Crippen LogP contribution in [0.1, 0.15) is 26.2 Å². The predicted molar refractivity (Wildman–Crippen MR) is 131 cm³/mol. The van der Waals surface area contributed by atoms with Crippen molar-refractivity contribution in [1.82, 2.24) is 19.6 Å². The molecule has 3 aliphatic heterocycles. The number of carbonyl (C=O) groups is 2. The molecule has 1 aromatic carbocycles. The Hall–Kier alpha value is -2.23. The lowest BCUT2D eigenvalue weighted by Gasteiger charge is -2.44. The second-order valence-corrected chi connectivity index (χ2v) is 10.0. The van der Waals surface area contributed by atoms with Crippen LogP contribution in [-0.2, 0) is 14.3 Å². The molecule has 8 nitrogen and oxygen atoms in total. The zero-order valence-electron chi connectivity index (χ0n) is 20.9. The fourth-order valence-electron chi connectivity index (χ4n) is 5.30. The van der Waals surface area contributed by atoms with E-state index in [1.165, 1.54) is 12.1 Å². The van der Waals surface area contributed by atoms with E-state index in [2.05, 4.69) is 16.7 Å². The predicted octanol–water partition coefficient (Wildman–Crippen LogP) is 1.70. The van der Waals surface area contributed by atoms with Gasteiger partial charge < -0.3 is 24.2 Å². The van der Waals surface area contributed by atoms with Gasteiger partial charge in [0.25, 0.3) is 0 Å². The molecular weight excluding hydrogens is 451 g/mol. The third-order valence-electron chi connectivity index (χ3n) is 7.53. The molecule has 0 aliphatic carbocycles. The van der Waals surface area contributed by atoms with Crippen molar-refractivity contribution >= 4 is 11.8 Å². The molecule has 3 aliphatic rings. The maximum absolute atomic E-state index is 13.3. The Morgan fingerprint density at radius 3 is 2.31 bits per heavy atom. The standard InChI is InChI=1S/C26H39FN4O4/c1-2-28-10-12-29(13-11-28)19-25(33)31-9-3-8-26(20-31,18-24(32)30-14-16-34-17-15-30)21-35-23-6-4-22(27)5-7-23/h4-7H,2-3,8-21H2,1H3/t26-/m0/s1. The Kier molecular flexibility index (Phi) is 8.97. The number of hydrogen-bond acceptors (Lipinski definition) is 6. The van der Waals surface area contributed by atoms with Gasteiger partial charge in [-0.3, -0.25) is 14.5 Å². The van der Waals surface area contributed by atoms with Gasteiger partial charge in [-0.25, -0.2) is 4.39 Å². The molecule has 4 rings (SSSR count). The molecular formula is C26H39FN4O4. The number of ether oxygens (including phenoxy) is 2. The van der Waals surface area contributed by atoms with Crippen molar-refractivity contribution < 1.29 is 23.5 Å². The lowest BCUT2D eigenvalue weighted by molar-refractivity contribution is -0.144. The second-order valence-electron chi connectivity index (χ2n) is 10.0. The Labute approximate surface area is 207 Å². The molecule has 1 aromatic rings. The van der Waals surface area contributed by atoms with Crippen molar-refractivity contribution in [2.75, 3.05) is 85.3 Å². The van der Waals surface area contributed by atoms with Crippen LogP contribution in [-0.4, -0.2) is 117 Å². The van der Waals surface area contributed by atoms with Crippen molar-refractivity contribution in [2.24, 2.45) is 5.41 Å². The highest BCUT2D eigenvalue weighted by atomic mass is 19.1. The van der Waals surface area contributed by atoms with Crippen LogP contribution in [0.3, 0.4) is 0 Å². The number of nitrogens with zero attached hydrogens (tertiary/aromatic N) is 4. The molecule has 0 spiro atoms. The van der Waals surface area contributed by atoms with Crippen LogP contribution in [0.2, 0.25) is 0 Å². The summed E-state index contributed by atoms with van der Waals surface area (Å²) in [7, 11) is 0. The van der Waals surface area contributed by atoms with Crippen molar-refractivity contribution in [1.29, 1.82) is 0 Å². The van der Waals surface area contributed by atoms with E-state index in [1.54, 1.807) is 12.1 Å². The molecule has 3 saturated heterocycles. The van der Waals surface area contributed by atoms with Gasteiger partial charge >= 0.3 is 0 Å². The summed E-state index contributed by atoms with van der Waals surface area (Å²) in [5.41, 5.74) is -0.474. The summed E-state index contributed by atoms with van der Waals surface area (Å²) in [4.78, 5) is 34.9. The molecule has 0 aromatic heterocycles. The third-order valence-corrected chi connectivity index (χ3v) is 7.53. The molecule has 3 fully saturated rings. The lowest BCUT2D eigenvalue weighted by atomic mass is 9.77. The first-order valence-electron chi connectivity index (χ1n) is 12.9. The molecule has 0 unspecified atom stereocenters. The summed E-state index contributed by atoms with van der Waals surface area (Å²) in [6.45, 7) is 11.3. The number of likely N-dealkylation sites (N-methyl/N-ethyl adjacent to an activating group) is 1. The van der Waals surface area contributed by atoms with E-state index in [4.69, 9.17) is 9.47 Å². The lowest BCUT2D eigenvalue weighted by Crippen LogP contribution is -2.55. The summed E-state index contributed by atoms with van der Waals surface area (Å²) in [5, 5.41) is 0. The monoisotopic (exact) mass is 490 g/mol. The van der Waals surface area contributed by atoms with Gasteiger partial charge in [0.05, 0.1) is 26.4 Å². The highest BCUT2D eigenvalue weighted by molar-refractivity contribution is 5.79. The minimum atomic E-state index is -0.474. The molecule has 194 valence electrons. The van der Waals surface area contributed by atoms with E-state index in [0.29, 0.717) is 64.7 Å². The molecule has 0 N–H and O–H groups in total. The fourth-order valence-corrected chi connectivity index (χ4v) is 5.30. The largest absolute Gasteiger partial charge is 0.493 e. The van der Waals surface area contributed by atoms with Gasteiger partial charge in [0, 0.05) is 64.2 Å². The molecule has 35 heavy (non-hydrogen) atoms. The minimum Gasteiger partial charge on any atom is -0.493 e. The molecule has 1 atom stereocenters. The number of piperidine rings is 1. The summed E-state index contributed by atoms with van der Waals surface area (Å²) in [6.07, 6.45) is 1.97. The smallest absolute Gasteiger partial charge is 0.236 e. The van der Waals surface area contributed by atoms with E-state index in [1.807, 2.05) is 9.80 Å². The molecule has 9 heteroatoms. The number of carbonyl (C=O) groups excluding carboxylic acids is 2. The minimum absolute atomic E-state index is 0.0843.